The standard InChI is InChI=1S/C23H22F4N4OS/c1-12(15-5-4-6-17(19(15)24)23(25,26)27)28-21-16-11-18(14-7-9-33-10-8-14)31(3)22(32)20(16)29-13(2)30-21/h4-7,11-12H,8-10H2,1-3H3,(H,28,29,30)/t12-/m1/s1. The van der Waals surface area contributed by atoms with Gasteiger partial charge in [0, 0.05) is 24.1 Å². The van der Waals surface area contributed by atoms with Crippen LogP contribution >= 0.6 is 11.8 Å². The van der Waals surface area contributed by atoms with E-state index in [1.54, 1.807) is 37.2 Å². The minimum Gasteiger partial charge on any atom is -0.363 e. The summed E-state index contributed by atoms with van der Waals surface area (Å²) in [6.45, 7) is 3.17. The van der Waals surface area contributed by atoms with Crippen LogP contribution in [0, 0.1) is 12.7 Å². The molecular formula is C23H22F4N4OS. The Hall–Kier alpha value is -2.88. The quantitative estimate of drug-likeness (QED) is 0.503. The molecular weight excluding hydrogens is 456 g/mol. The number of alkyl halides is 3. The van der Waals surface area contributed by atoms with Gasteiger partial charge in [-0.2, -0.15) is 24.9 Å². The lowest BCUT2D eigenvalue weighted by molar-refractivity contribution is -0.140. The number of benzene rings is 1. The van der Waals surface area contributed by atoms with E-state index < -0.39 is 23.6 Å². The summed E-state index contributed by atoms with van der Waals surface area (Å²) in [6.07, 6.45) is -1.91. The smallest absolute Gasteiger partial charge is 0.363 e. The number of aryl methyl sites for hydroxylation is 1. The molecule has 0 fully saturated rings. The van der Waals surface area contributed by atoms with Crippen LogP contribution in [0.5, 0.6) is 0 Å². The van der Waals surface area contributed by atoms with Gasteiger partial charge >= 0.3 is 6.18 Å². The Morgan fingerprint density at radius 2 is 2.00 bits per heavy atom. The molecule has 1 N–H and O–H groups in total. The largest absolute Gasteiger partial charge is 0.419 e. The van der Waals surface area contributed by atoms with Crippen LogP contribution in [0.4, 0.5) is 23.4 Å². The lowest BCUT2D eigenvalue weighted by Crippen LogP contribution is -2.23. The number of halogens is 4. The molecule has 10 heteroatoms. The Bertz CT molecular complexity index is 1320. The monoisotopic (exact) mass is 478 g/mol. The van der Waals surface area contributed by atoms with Crippen molar-refractivity contribution in [3.8, 4) is 0 Å². The third-order valence-corrected chi connectivity index (χ3v) is 6.55. The van der Waals surface area contributed by atoms with E-state index in [-0.39, 0.29) is 22.5 Å². The van der Waals surface area contributed by atoms with Crippen LogP contribution < -0.4 is 10.9 Å². The van der Waals surface area contributed by atoms with Crippen molar-refractivity contribution in [1.29, 1.82) is 0 Å². The zero-order valence-corrected chi connectivity index (χ0v) is 19.1. The molecule has 1 aliphatic heterocycles. The normalized spacial score (nSPS) is 15.4. The van der Waals surface area contributed by atoms with Gasteiger partial charge in [-0.1, -0.05) is 18.2 Å². The van der Waals surface area contributed by atoms with Gasteiger partial charge in [0.15, 0.2) is 0 Å². The van der Waals surface area contributed by atoms with Crippen molar-refractivity contribution in [3.63, 3.8) is 0 Å². The molecule has 4 rings (SSSR count). The molecule has 0 amide bonds. The summed E-state index contributed by atoms with van der Waals surface area (Å²) in [5, 5.41) is 3.45. The average molecular weight is 479 g/mol. The van der Waals surface area contributed by atoms with E-state index in [0.717, 1.165) is 29.2 Å². The number of pyridine rings is 1. The number of hydrogen-bond acceptors (Lipinski definition) is 5. The van der Waals surface area contributed by atoms with Crippen molar-refractivity contribution in [2.75, 3.05) is 16.8 Å². The van der Waals surface area contributed by atoms with Gasteiger partial charge in [0.25, 0.3) is 5.56 Å². The predicted octanol–water partition coefficient (Wildman–Crippen LogP) is 5.49. The molecule has 0 saturated heterocycles. The van der Waals surface area contributed by atoms with Gasteiger partial charge in [0.1, 0.15) is 23.0 Å². The summed E-state index contributed by atoms with van der Waals surface area (Å²) in [4.78, 5) is 21.8. The van der Waals surface area contributed by atoms with Crippen molar-refractivity contribution in [2.45, 2.75) is 32.5 Å². The van der Waals surface area contributed by atoms with Gasteiger partial charge in [-0.05, 0) is 43.7 Å². The molecule has 1 atom stereocenters. The minimum atomic E-state index is -4.80. The molecule has 1 aliphatic rings. The van der Waals surface area contributed by atoms with E-state index in [9.17, 15) is 22.4 Å². The van der Waals surface area contributed by atoms with Crippen LogP contribution in [0.1, 0.15) is 42.0 Å². The van der Waals surface area contributed by atoms with E-state index in [1.807, 2.05) is 6.07 Å². The maximum Gasteiger partial charge on any atom is 0.419 e. The molecule has 174 valence electrons. The van der Waals surface area contributed by atoms with Crippen molar-refractivity contribution >= 4 is 34.1 Å². The molecule has 0 aliphatic carbocycles. The van der Waals surface area contributed by atoms with Crippen LogP contribution in [-0.4, -0.2) is 26.0 Å². The van der Waals surface area contributed by atoms with Gasteiger partial charge in [0.05, 0.1) is 17.0 Å². The summed E-state index contributed by atoms with van der Waals surface area (Å²) in [5.41, 5.74) is 0.202. The Balaban J connectivity index is 1.82. The van der Waals surface area contributed by atoms with E-state index in [2.05, 4.69) is 21.4 Å². The van der Waals surface area contributed by atoms with Gasteiger partial charge in [-0.15, -0.1) is 0 Å². The third-order valence-electron chi connectivity index (χ3n) is 5.65. The highest BCUT2D eigenvalue weighted by Crippen LogP contribution is 2.35. The summed E-state index contributed by atoms with van der Waals surface area (Å²) in [7, 11) is 1.69. The first-order valence-electron chi connectivity index (χ1n) is 10.4. The Morgan fingerprint density at radius 3 is 2.67 bits per heavy atom. The Morgan fingerprint density at radius 1 is 1.24 bits per heavy atom. The van der Waals surface area contributed by atoms with E-state index in [1.165, 1.54) is 12.1 Å². The number of anilines is 1. The number of aromatic nitrogens is 3. The molecule has 0 saturated carbocycles. The fraction of sp³-hybridized carbons (Fsp3) is 0.348. The molecule has 33 heavy (non-hydrogen) atoms. The Labute approximate surface area is 191 Å². The van der Waals surface area contributed by atoms with Crippen LogP contribution in [0.25, 0.3) is 16.5 Å². The topological polar surface area (TPSA) is 59.8 Å². The van der Waals surface area contributed by atoms with Crippen molar-refractivity contribution in [3.05, 3.63) is 69.2 Å². The fourth-order valence-corrected chi connectivity index (χ4v) is 4.80. The number of thioether (sulfide) groups is 1. The lowest BCUT2D eigenvalue weighted by Gasteiger charge is -2.21. The van der Waals surface area contributed by atoms with E-state index >= 15 is 0 Å². The zero-order valence-electron chi connectivity index (χ0n) is 18.3. The molecule has 3 aromatic rings. The van der Waals surface area contributed by atoms with Crippen molar-refractivity contribution in [2.24, 2.45) is 7.05 Å². The van der Waals surface area contributed by atoms with Crippen LogP contribution in [0.3, 0.4) is 0 Å². The number of nitrogens with zero attached hydrogens (tertiary/aromatic N) is 3. The highest BCUT2D eigenvalue weighted by Gasteiger charge is 2.35. The van der Waals surface area contributed by atoms with Crippen LogP contribution in [0.15, 0.2) is 35.1 Å². The summed E-state index contributed by atoms with van der Waals surface area (Å²) < 4.78 is 55.7. The second-order valence-electron chi connectivity index (χ2n) is 7.90. The summed E-state index contributed by atoms with van der Waals surface area (Å²) >= 11 is 1.81. The first-order valence-corrected chi connectivity index (χ1v) is 11.5. The molecule has 0 unspecified atom stereocenters. The van der Waals surface area contributed by atoms with Gasteiger partial charge in [-0.3, -0.25) is 4.79 Å². The highest BCUT2D eigenvalue weighted by molar-refractivity contribution is 7.99. The number of rotatable bonds is 4. The number of fused-ring (bicyclic) bond motifs is 1. The zero-order chi connectivity index (χ0) is 23.9. The van der Waals surface area contributed by atoms with Crippen LogP contribution in [-0.2, 0) is 13.2 Å². The molecule has 0 radical (unpaired) electrons. The predicted molar refractivity (Wildman–Crippen MR) is 123 cm³/mol. The third kappa shape index (κ3) is 4.48. The lowest BCUT2D eigenvalue weighted by atomic mass is 10.0. The molecule has 2 aromatic heterocycles. The number of allylic oxidation sites excluding steroid dienone is 1. The fourth-order valence-electron chi connectivity index (χ4n) is 3.95. The maximum absolute atomic E-state index is 14.7. The van der Waals surface area contributed by atoms with Crippen molar-refractivity contribution in [1.82, 2.24) is 14.5 Å². The maximum atomic E-state index is 14.7. The minimum absolute atomic E-state index is 0.148. The molecule has 0 bridgehead atoms. The highest BCUT2D eigenvalue weighted by atomic mass is 32.2. The average Bonchev–Trinajstić information content (AvgIpc) is 2.76. The first-order chi connectivity index (χ1) is 15.6. The second kappa shape index (κ2) is 8.81. The number of nitrogens with one attached hydrogen (secondary N) is 1. The van der Waals surface area contributed by atoms with E-state index in [0.29, 0.717) is 17.3 Å². The van der Waals surface area contributed by atoms with Gasteiger partial charge in [0.2, 0.25) is 0 Å². The molecule has 1 aromatic carbocycles. The molecule has 5 nitrogen and oxygen atoms in total. The van der Waals surface area contributed by atoms with Gasteiger partial charge < -0.3 is 9.88 Å². The SMILES string of the molecule is Cc1nc(N[C@H](C)c2cccc(C(F)(F)F)c2F)c2cc(C3=CCSCC3)n(C)c(=O)c2n1. The second-order valence-corrected chi connectivity index (χ2v) is 9.05. The Kier molecular flexibility index (Phi) is 6.22. The molecule has 0 spiro atoms. The van der Waals surface area contributed by atoms with Crippen molar-refractivity contribution < 1.29 is 17.6 Å². The summed E-state index contributed by atoms with van der Waals surface area (Å²) in [5.74, 6) is 1.05. The van der Waals surface area contributed by atoms with E-state index in [4.69, 9.17) is 0 Å². The summed E-state index contributed by atoms with van der Waals surface area (Å²) in [6, 6.07) is 4.15. The van der Waals surface area contributed by atoms with Gasteiger partial charge in [-0.25, -0.2) is 14.4 Å². The molecule has 3 heterocycles. The first kappa shape index (κ1) is 23.3. The number of hydrogen-bond donors (Lipinski definition) is 1. The van der Waals surface area contributed by atoms with Crippen LogP contribution in [0.2, 0.25) is 0 Å².